The third-order valence-electron chi connectivity index (χ3n) is 1.92. The molecule has 0 amide bonds. The highest BCUT2D eigenvalue weighted by molar-refractivity contribution is 7.80. The summed E-state index contributed by atoms with van der Waals surface area (Å²) in [5, 5.41) is 8.46. The smallest absolute Gasteiger partial charge is 0.335 e. The van der Waals surface area contributed by atoms with Crippen LogP contribution in [0.4, 0.5) is 8.78 Å². The lowest BCUT2D eigenvalue weighted by Gasteiger charge is -1.96. The highest BCUT2D eigenvalue weighted by atomic mass is 32.1. The average Bonchev–Trinajstić information content (AvgIpc) is 2.61. The van der Waals surface area contributed by atoms with E-state index in [0.29, 0.717) is 10.2 Å². The number of aromatic nitrogens is 1. The summed E-state index contributed by atoms with van der Waals surface area (Å²) in [4.78, 5) is 14.7. The zero-order chi connectivity index (χ0) is 11.9. The molecule has 0 aliphatic rings. The highest BCUT2D eigenvalue weighted by Gasteiger charge is 2.16. The van der Waals surface area contributed by atoms with Gasteiger partial charge < -0.3 is 5.11 Å². The number of carboxylic acids is 1. The van der Waals surface area contributed by atoms with Crippen molar-refractivity contribution in [3.63, 3.8) is 0 Å². The van der Waals surface area contributed by atoms with E-state index < -0.39 is 12.4 Å². The molecule has 1 aromatic heterocycles. The SMILES string of the molecule is O=C(O)c1cc(S)c2nc(C(F)F)sc2c1. The van der Waals surface area contributed by atoms with Gasteiger partial charge in [0.05, 0.1) is 15.8 Å². The Morgan fingerprint density at radius 3 is 2.75 bits per heavy atom. The molecule has 0 saturated carbocycles. The summed E-state index contributed by atoms with van der Waals surface area (Å²) in [6.45, 7) is 0. The summed E-state index contributed by atoms with van der Waals surface area (Å²) in [6.07, 6.45) is -2.65. The largest absolute Gasteiger partial charge is 0.478 e. The van der Waals surface area contributed by atoms with Gasteiger partial charge in [0.1, 0.15) is 0 Å². The molecule has 84 valence electrons. The Labute approximate surface area is 98.1 Å². The first kappa shape index (κ1) is 11.3. The van der Waals surface area contributed by atoms with E-state index >= 15 is 0 Å². The Balaban J connectivity index is 2.68. The summed E-state index contributed by atoms with van der Waals surface area (Å²) in [5.41, 5.74) is 0.329. The van der Waals surface area contributed by atoms with Crippen molar-refractivity contribution < 1.29 is 18.7 Å². The fourth-order valence-corrected chi connectivity index (χ4v) is 2.52. The third kappa shape index (κ3) is 1.88. The number of rotatable bonds is 2. The maximum Gasteiger partial charge on any atom is 0.335 e. The predicted molar refractivity (Wildman–Crippen MR) is 58.8 cm³/mol. The Morgan fingerprint density at radius 1 is 1.50 bits per heavy atom. The van der Waals surface area contributed by atoms with Gasteiger partial charge in [-0.25, -0.2) is 18.6 Å². The molecular formula is C9H5F2NO2S2. The van der Waals surface area contributed by atoms with Gasteiger partial charge in [-0.2, -0.15) is 0 Å². The van der Waals surface area contributed by atoms with E-state index in [1.165, 1.54) is 12.1 Å². The van der Waals surface area contributed by atoms with Gasteiger partial charge in [-0.1, -0.05) is 0 Å². The number of hydrogen-bond donors (Lipinski definition) is 2. The van der Waals surface area contributed by atoms with Crippen molar-refractivity contribution in [2.75, 3.05) is 0 Å². The summed E-state index contributed by atoms with van der Waals surface area (Å²) in [6, 6.07) is 2.61. The molecule has 3 nitrogen and oxygen atoms in total. The van der Waals surface area contributed by atoms with E-state index in [0.717, 1.165) is 11.3 Å². The van der Waals surface area contributed by atoms with E-state index in [2.05, 4.69) is 17.6 Å². The first-order valence-corrected chi connectivity index (χ1v) is 5.40. The molecule has 16 heavy (non-hydrogen) atoms. The third-order valence-corrected chi connectivity index (χ3v) is 3.28. The normalized spacial score (nSPS) is 11.2. The number of carbonyl (C=O) groups is 1. The molecule has 0 unspecified atom stereocenters. The van der Waals surface area contributed by atoms with E-state index in [1.54, 1.807) is 0 Å². The number of fused-ring (bicyclic) bond motifs is 1. The van der Waals surface area contributed by atoms with Crippen molar-refractivity contribution >= 4 is 40.2 Å². The Hall–Kier alpha value is -1.21. The van der Waals surface area contributed by atoms with Crippen molar-refractivity contribution in [1.29, 1.82) is 0 Å². The Kier molecular flexibility index (Phi) is 2.81. The minimum atomic E-state index is -2.65. The van der Waals surface area contributed by atoms with E-state index in [9.17, 15) is 13.6 Å². The maximum absolute atomic E-state index is 12.4. The van der Waals surface area contributed by atoms with Crippen molar-refractivity contribution in [2.24, 2.45) is 0 Å². The molecule has 2 aromatic rings. The van der Waals surface area contributed by atoms with Crippen molar-refractivity contribution in [1.82, 2.24) is 4.98 Å². The molecule has 2 rings (SSSR count). The fraction of sp³-hybridized carbons (Fsp3) is 0.111. The zero-order valence-corrected chi connectivity index (χ0v) is 9.36. The second-order valence-corrected chi connectivity index (χ2v) is 4.54. The molecule has 0 radical (unpaired) electrons. The van der Waals surface area contributed by atoms with Crippen LogP contribution in [0.25, 0.3) is 10.2 Å². The standard InChI is InChI=1S/C9H5F2NO2S2/c10-7(11)8-12-6-4(15)1-3(9(13)14)2-5(6)16-8/h1-2,7,15H,(H,13,14). The van der Waals surface area contributed by atoms with Gasteiger partial charge >= 0.3 is 5.97 Å². The summed E-state index contributed by atoms with van der Waals surface area (Å²) < 4.78 is 25.2. The monoisotopic (exact) mass is 261 g/mol. The number of thiol groups is 1. The van der Waals surface area contributed by atoms with E-state index in [4.69, 9.17) is 5.11 Å². The number of nitrogens with zero attached hydrogens (tertiary/aromatic N) is 1. The molecule has 0 spiro atoms. The molecule has 1 N–H and O–H groups in total. The molecule has 7 heteroatoms. The number of alkyl halides is 2. The maximum atomic E-state index is 12.4. The average molecular weight is 261 g/mol. The minimum absolute atomic E-state index is 0.0157. The quantitative estimate of drug-likeness (QED) is 0.816. The lowest BCUT2D eigenvalue weighted by Crippen LogP contribution is -1.95. The van der Waals surface area contributed by atoms with Gasteiger partial charge in [0.15, 0.2) is 5.01 Å². The van der Waals surface area contributed by atoms with Gasteiger partial charge in [-0.3, -0.25) is 0 Å². The molecule has 0 bridgehead atoms. The number of benzene rings is 1. The van der Waals surface area contributed by atoms with Crippen LogP contribution in [0.1, 0.15) is 21.8 Å². The van der Waals surface area contributed by atoms with Crippen LogP contribution in [0.15, 0.2) is 17.0 Å². The van der Waals surface area contributed by atoms with Gasteiger partial charge in [0.2, 0.25) is 0 Å². The highest BCUT2D eigenvalue weighted by Crippen LogP contribution is 2.33. The van der Waals surface area contributed by atoms with Crippen LogP contribution in [-0.4, -0.2) is 16.1 Å². The molecule has 0 saturated heterocycles. The van der Waals surface area contributed by atoms with Crippen LogP contribution in [0.3, 0.4) is 0 Å². The zero-order valence-electron chi connectivity index (χ0n) is 7.65. The van der Waals surface area contributed by atoms with Crippen molar-refractivity contribution in [3.05, 3.63) is 22.7 Å². The van der Waals surface area contributed by atoms with E-state index in [-0.39, 0.29) is 15.5 Å². The predicted octanol–water partition coefficient (Wildman–Crippen LogP) is 3.22. The van der Waals surface area contributed by atoms with Gasteiger partial charge in [0.25, 0.3) is 6.43 Å². The second-order valence-electron chi connectivity index (χ2n) is 3.00. The fourth-order valence-electron chi connectivity index (χ4n) is 1.25. The molecule has 1 aromatic carbocycles. The first-order chi connectivity index (χ1) is 7.49. The molecular weight excluding hydrogens is 256 g/mol. The van der Waals surface area contributed by atoms with Crippen LogP contribution in [0, 0.1) is 0 Å². The lowest BCUT2D eigenvalue weighted by molar-refractivity contribution is 0.0697. The lowest BCUT2D eigenvalue weighted by atomic mass is 10.2. The summed E-state index contributed by atoms with van der Waals surface area (Å²) >= 11 is 4.81. The number of carboxylic acid groups (broad SMARTS) is 1. The summed E-state index contributed by atoms with van der Waals surface area (Å²) in [7, 11) is 0. The molecule has 0 aliphatic heterocycles. The number of aromatic carboxylic acids is 1. The van der Waals surface area contributed by atoms with Crippen LogP contribution < -0.4 is 0 Å². The van der Waals surface area contributed by atoms with Gasteiger partial charge in [-0.15, -0.1) is 24.0 Å². The van der Waals surface area contributed by atoms with Crippen LogP contribution in [0.2, 0.25) is 0 Å². The van der Waals surface area contributed by atoms with Gasteiger partial charge in [-0.05, 0) is 12.1 Å². The second kappa shape index (κ2) is 3.99. The molecule has 0 atom stereocenters. The number of hydrogen-bond acceptors (Lipinski definition) is 4. The molecule has 0 aliphatic carbocycles. The summed E-state index contributed by atoms with van der Waals surface area (Å²) in [5.74, 6) is -1.12. The molecule has 1 heterocycles. The van der Waals surface area contributed by atoms with Crippen LogP contribution in [-0.2, 0) is 0 Å². The van der Waals surface area contributed by atoms with Crippen LogP contribution in [0.5, 0.6) is 0 Å². The van der Waals surface area contributed by atoms with Crippen LogP contribution >= 0.6 is 24.0 Å². The Morgan fingerprint density at radius 2 is 2.19 bits per heavy atom. The minimum Gasteiger partial charge on any atom is -0.478 e. The number of halogens is 2. The van der Waals surface area contributed by atoms with Crippen molar-refractivity contribution in [3.8, 4) is 0 Å². The molecule has 0 fully saturated rings. The van der Waals surface area contributed by atoms with Crippen molar-refractivity contribution in [2.45, 2.75) is 11.3 Å². The topological polar surface area (TPSA) is 50.2 Å². The first-order valence-electron chi connectivity index (χ1n) is 4.14. The Bertz CT molecular complexity index is 568. The van der Waals surface area contributed by atoms with Gasteiger partial charge in [0, 0.05) is 4.90 Å². The number of thiazole rings is 1. The van der Waals surface area contributed by atoms with E-state index in [1.807, 2.05) is 0 Å².